The Bertz CT molecular complexity index is 1580. The van der Waals surface area contributed by atoms with Gasteiger partial charge in [0.05, 0.1) is 18.5 Å². The summed E-state index contributed by atoms with van der Waals surface area (Å²) in [5.74, 6) is 0.526. The van der Waals surface area contributed by atoms with Crippen LogP contribution < -0.4 is 15.8 Å². The van der Waals surface area contributed by atoms with Crippen LogP contribution in [0.15, 0.2) is 91.3 Å². The molecule has 0 aliphatic carbocycles. The number of benzene rings is 3. The molecule has 0 bridgehead atoms. The molecule has 0 aliphatic rings. The summed E-state index contributed by atoms with van der Waals surface area (Å²) in [5, 5.41) is 4.14. The van der Waals surface area contributed by atoms with Crippen LogP contribution in [0.1, 0.15) is 5.56 Å². The summed E-state index contributed by atoms with van der Waals surface area (Å²) in [5.41, 5.74) is 10.0. The third-order valence-electron chi connectivity index (χ3n) is 6.33. The Morgan fingerprint density at radius 1 is 0.974 bits per heavy atom. The Labute approximate surface area is 219 Å². The smallest absolute Gasteiger partial charge is 0.222 e. The highest BCUT2D eigenvalue weighted by Crippen LogP contribution is 2.31. The number of rotatable bonds is 9. The first-order chi connectivity index (χ1) is 18.5. The molecule has 1 unspecified atom stereocenters. The third-order valence-corrected chi connectivity index (χ3v) is 6.33. The van der Waals surface area contributed by atoms with Crippen LogP contribution >= 0.6 is 0 Å². The predicted molar refractivity (Wildman–Crippen MR) is 146 cm³/mol. The van der Waals surface area contributed by atoms with Crippen molar-refractivity contribution in [3.8, 4) is 28.3 Å². The number of ether oxygens (including phenoxy) is 1. The number of methoxy groups -OCH3 is 1. The van der Waals surface area contributed by atoms with Crippen molar-refractivity contribution in [2.45, 2.75) is 6.42 Å². The van der Waals surface area contributed by atoms with E-state index in [1.165, 1.54) is 12.1 Å². The molecule has 38 heavy (non-hydrogen) atoms. The number of pyridine rings is 1. The van der Waals surface area contributed by atoms with Gasteiger partial charge in [-0.05, 0) is 71.6 Å². The number of nitrogens with two attached hydrogens (primary N) is 1. The zero-order valence-electron chi connectivity index (χ0n) is 20.8. The molecule has 5 aromatic rings. The number of nitrogens with one attached hydrogen (secondary N) is 1. The lowest BCUT2D eigenvalue weighted by atomic mass is 9.98. The maximum atomic E-state index is 13.3. The second kappa shape index (κ2) is 11.0. The molecule has 0 radical (unpaired) electrons. The number of hydrogen-bond acceptors (Lipinski definition) is 6. The lowest BCUT2D eigenvalue weighted by Crippen LogP contribution is -2.31. The van der Waals surface area contributed by atoms with Crippen LogP contribution in [0.4, 0.5) is 10.2 Å². The van der Waals surface area contributed by atoms with Crippen molar-refractivity contribution in [2.75, 3.05) is 19.0 Å². The standard InChI is InChI=1S/C30H26FN5O2/c1-38-25-6-2-4-20(15-25)21-9-12-27-26(16-21)30(36-29(35-27)22-5-3-13-33-17-22)34-18-23(28(32)37)14-19-7-10-24(31)11-8-19/h2-13,15-17,23H,14,18H2,1H3,(H2,32,37)(H,34,35,36). The highest BCUT2D eigenvalue weighted by Gasteiger charge is 2.18. The van der Waals surface area contributed by atoms with Gasteiger partial charge in [-0.25, -0.2) is 14.4 Å². The number of anilines is 1. The van der Waals surface area contributed by atoms with Crippen LogP contribution in [-0.2, 0) is 11.2 Å². The van der Waals surface area contributed by atoms with Crippen LogP contribution in [0.5, 0.6) is 5.75 Å². The van der Waals surface area contributed by atoms with Crippen molar-refractivity contribution >= 4 is 22.6 Å². The molecule has 0 spiro atoms. The normalized spacial score (nSPS) is 11.7. The molecule has 0 saturated heterocycles. The first kappa shape index (κ1) is 24.8. The SMILES string of the molecule is COc1cccc(-c2ccc3nc(-c4cccnc4)nc(NCC(Cc4ccc(F)cc4)C(N)=O)c3c2)c1. The molecule has 2 aromatic heterocycles. The van der Waals surface area contributed by atoms with Crippen LogP contribution in [0.3, 0.4) is 0 Å². The second-order valence-corrected chi connectivity index (χ2v) is 8.91. The number of fused-ring (bicyclic) bond motifs is 1. The van der Waals surface area contributed by atoms with Gasteiger partial charge in [0.15, 0.2) is 5.82 Å². The van der Waals surface area contributed by atoms with Crippen molar-refractivity contribution in [3.05, 3.63) is 103 Å². The van der Waals surface area contributed by atoms with E-state index in [9.17, 15) is 9.18 Å². The number of primary amides is 1. The Morgan fingerprint density at radius 3 is 2.50 bits per heavy atom. The van der Waals surface area contributed by atoms with Gasteiger partial charge in [-0.2, -0.15) is 0 Å². The Hall–Kier alpha value is -4.85. The molecule has 3 N–H and O–H groups in total. The van der Waals surface area contributed by atoms with Gasteiger partial charge in [-0.3, -0.25) is 9.78 Å². The Balaban J connectivity index is 1.52. The molecule has 2 heterocycles. The monoisotopic (exact) mass is 507 g/mol. The molecule has 190 valence electrons. The first-order valence-corrected chi connectivity index (χ1v) is 12.1. The van der Waals surface area contributed by atoms with Crippen LogP contribution in [0.2, 0.25) is 0 Å². The molecule has 8 heteroatoms. The van der Waals surface area contributed by atoms with Gasteiger partial charge >= 0.3 is 0 Å². The molecule has 5 rings (SSSR count). The summed E-state index contributed by atoms with van der Waals surface area (Å²) in [4.78, 5) is 26.1. The molecular weight excluding hydrogens is 481 g/mol. The Kier molecular flexibility index (Phi) is 7.21. The fourth-order valence-electron chi connectivity index (χ4n) is 4.27. The number of amides is 1. The van der Waals surface area contributed by atoms with Gasteiger partial charge in [0.2, 0.25) is 5.91 Å². The van der Waals surface area contributed by atoms with Crippen LogP contribution in [-0.4, -0.2) is 34.5 Å². The van der Waals surface area contributed by atoms with Crippen molar-refractivity contribution in [3.63, 3.8) is 0 Å². The fourth-order valence-corrected chi connectivity index (χ4v) is 4.27. The summed E-state index contributed by atoms with van der Waals surface area (Å²) in [7, 11) is 1.64. The van der Waals surface area contributed by atoms with Gasteiger partial charge in [-0.1, -0.05) is 30.3 Å². The van der Waals surface area contributed by atoms with Crippen molar-refractivity contribution in [1.82, 2.24) is 15.0 Å². The van der Waals surface area contributed by atoms with Crippen molar-refractivity contribution in [1.29, 1.82) is 0 Å². The molecule has 1 amide bonds. The molecule has 0 aliphatic heterocycles. The average Bonchev–Trinajstić information content (AvgIpc) is 2.96. The minimum atomic E-state index is -0.533. The number of carbonyl (C=O) groups is 1. The van der Waals surface area contributed by atoms with E-state index in [1.807, 2.05) is 54.6 Å². The Morgan fingerprint density at radius 2 is 1.76 bits per heavy atom. The topological polar surface area (TPSA) is 103 Å². The summed E-state index contributed by atoms with van der Waals surface area (Å²) < 4.78 is 18.7. The zero-order valence-corrected chi connectivity index (χ0v) is 20.8. The highest BCUT2D eigenvalue weighted by molar-refractivity contribution is 5.94. The quantitative estimate of drug-likeness (QED) is 0.282. The third kappa shape index (κ3) is 5.59. The van der Waals surface area contributed by atoms with Crippen molar-refractivity contribution < 1.29 is 13.9 Å². The van der Waals surface area contributed by atoms with Gasteiger partial charge in [0, 0.05) is 29.9 Å². The van der Waals surface area contributed by atoms with Gasteiger partial charge in [0.1, 0.15) is 17.4 Å². The number of nitrogens with zero attached hydrogens (tertiary/aromatic N) is 3. The van der Waals surface area contributed by atoms with Gasteiger partial charge < -0.3 is 15.8 Å². The van der Waals surface area contributed by atoms with Crippen LogP contribution in [0.25, 0.3) is 33.4 Å². The van der Waals surface area contributed by atoms with E-state index in [2.05, 4.69) is 10.3 Å². The lowest BCUT2D eigenvalue weighted by molar-refractivity contribution is -0.121. The zero-order chi connectivity index (χ0) is 26.5. The van der Waals surface area contributed by atoms with E-state index in [0.29, 0.717) is 18.1 Å². The molecular formula is C30H26FN5O2. The molecule has 0 fully saturated rings. The molecule has 3 aromatic carbocycles. The predicted octanol–water partition coefficient (Wildman–Crippen LogP) is 5.26. The summed E-state index contributed by atoms with van der Waals surface area (Å²) in [6, 6.07) is 23.5. The number of halogens is 1. The molecule has 7 nitrogen and oxygen atoms in total. The van der Waals surface area contributed by atoms with E-state index >= 15 is 0 Å². The minimum Gasteiger partial charge on any atom is -0.497 e. The summed E-state index contributed by atoms with van der Waals surface area (Å²) in [6.45, 7) is 0.245. The number of hydrogen-bond donors (Lipinski definition) is 2. The maximum absolute atomic E-state index is 13.3. The summed E-state index contributed by atoms with van der Waals surface area (Å²) in [6.07, 6.45) is 3.77. The van der Waals surface area contributed by atoms with E-state index < -0.39 is 11.8 Å². The molecule has 1 atom stereocenters. The maximum Gasteiger partial charge on any atom is 0.222 e. The second-order valence-electron chi connectivity index (χ2n) is 8.91. The van der Waals surface area contributed by atoms with E-state index in [4.69, 9.17) is 20.4 Å². The number of carbonyl (C=O) groups excluding carboxylic acids is 1. The van der Waals surface area contributed by atoms with E-state index in [0.717, 1.165) is 38.9 Å². The lowest BCUT2D eigenvalue weighted by Gasteiger charge is -2.17. The van der Waals surface area contributed by atoms with E-state index in [-0.39, 0.29) is 12.4 Å². The van der Waals surface area contributed by atoms with Gasteiger partial charge in [-0.15, -0.1) is 0 Å². The minimum absolute atomic E-state index is 0.245. The first-order valence-electron chi connectivity index (χ1n) is 12.1. The fraction of sp³-hybridized carbons (Fsp3) is 0.133. The number of aromatic nitrogens is 3. The average molecular weight is 508 g/mol. The van der Waals surface area contributed by atoms with Crippen molar-refractivity contribution in [2.24, 2.45) is 11.7 Å². The van der Waals surface area contributed by atoms with E-state index in [1.54, 1.807) is 31.6 Å². The largest absolute Gasteiger partial charge is 0.497 e. The van der Waals surface area contributed by atoms with Crippen LogP contribution in [0, 0.1) is 11.7 Å². The molecule has 0 saturated carbocycles. The highest BCUT2D eigenvalue weighted by atomic mass is 19.1. The van der Waals surface area contributed by atoms with Gasteiger partial charge in [0.25, 0.3) is 0 Å². The summed E-state index contributed by atoms with van der Waals surface area (Å²) >= 11 is 0.